The van der Waals surface area contributed by atoms with Crippen LogP contribution in [-0.4, -0.2) is 133 Å². The molecule has 0 bridgehead atoms. The molecule has 0 aliphatic carbocycles. The Bertz CT molecular complexity index is 966. The number of carbonyl (C=O) groups is 4. The maximum absolute atomic E-state index is 12.6. The Hall–Kier alpha value is -2.34. The number of amides is 1. The molecule has 1 aromatic rings. The summed E-state index contributed by atoms with van der Waals surface area (Å²) >= 11 is 0. The van der Waals surface area contributed by atoms with Crippen molar-refractivity contribution in [3.8, 4) is 0 Å². The van der Waals surface area contributed by atoms with Crippen LogP contribution in [0.1, 0.15) is 5.56 Å². The normalized spacial score (nSPS) is 16.6. The third kappa shape index (κ3) is 14.9. The van der Waals surface area contributed by atoms with E-state index in [4.69, 9.17) is 0 Å². The smallest absolute Gasteiger partial charge is 0.549 e. The van der Waals surface area contributed by atoms with Crippen molar-refractivity contribution in [1.82, 2.24) is 24.9 Å². The zero-order valence-electron chi connectivity index (χ0n) is 22.0. The quantitative estimate of drug-likeness (QED) is 0.160. The first-order chi connectivity index (χ1) is 18.5. The van der Waals surface area contributed by atoms with Crippen molar-refractivity contribution in [3.63, 3.8) is 0 Å². The Kier molecular flexibility index (Phi) is 16.9. The van der Waals surface area contributed by atoms with Gasteiger partial charge in [-0.2, -0.15) is 0 Å². The van der Waals surface area contributed by atoms with Crippen molar-refractivity contribution in [2.45, 2.75) is 6.42 Å². The van der Waals surface area contributed by atoms with Gasteiger partial charge < -0.3 is 35.0 Å². The van der Waals surface area contributed by atoms with Gasteiger partial charge in [0.25, 0.3) is 5.69 Å². The molecule has 1 aromatic carbocycles. The van der Waals surface area contributed by atoms with E-state index in [-0.39, 0.29) is 117 Å². The molecular weight excluding hydrogens is 674 g/mol. The van der Waals surface area contributed by atoms with Crippen LogP contribution in [0.25, 0.3) is 0 Å². The Balaban J connectivity index is 0.00000800. The molecule has 0 unspecified atom stereocenters. The minimum atomic E-state index is -1.30. The van der Waals surface area contributed by atoms with E-state index in [1.807, 2.05) is 0 Å². The first-order valence-corrected chi connectivity index (χ1v) is 12.5. The molecule has 15 nitrogen and oxygen atoms in total. The van der Waals surface area contributed by atoms with Gasteiger partial charge in [-0.25, -0.2) is 0 Å². The maximum Gasteiger partial charge on any atom is 3.00 e. The fraction of sp³-hybridized carbons (Fsp3) is 0.583. The number of carboxylic acids is 3. The molecule has 1 heterocycles. The van der Waals surface area contributed by atoms with Crippen LogP contribution in [0.2, 0.25) is 0 Å². The summed E-state index contributed by atoms with van der Waals surface area (Å²) in [6.07, 6.45) is 0.463. The number of nitrogens with zero attached hydrogens (tertiary/aromatic N) is 5. The second-order valence-corrected chi connectivity index (χ2v) is 9.24. The van der Waals surface area contributed by atoms with E-state index in [0.29, 0.717) is 26.1 Å². The number of carboxylic acid groups (broad SMARTS) is 3. The second kappa shape index (κ2) is 18.9. The summed E-state index contributed by atoms with van der Waals surface area (Å²) in [7, 11) is 0. The largest absolute Gasteiger partial charge is 3.00 e. The zero-order chi connectivity index (χ0) is 28.8. The van der Waals surface area contributed by atoms with E-state index < -0.39 is 22.8 Å². The van der Waals surface area contributed by atoms with Gasteiger partial charge in [0.2, 0.25) is 5.91 Å². The van der Waals surface area contributed by atoms with Crippen LogP contribution in [-0.2, 0) is 25.6 Å². The van der Waals surface area contributed by atoms with Gasteiger partial charge in [-0.15, -0.1) is 0 Å². The van der Waals surface area contributed by atoms with E-state index in [2.05, 4.69) is 5.32 Å². The van der Waals surface area contributed by atoms with Gasteiger partial charge in [0.1, 0.15) is 0 Å². The van der Waals surface area contributed by atoms with Crippen LogP contribution >= 0.6 is 0 Å². The molecule has 1 fully saturated rings. The molecule has 0 spiro atoms. The fourth-order valence-corrected chi connectivity index (χ4v) is 4.15. The summed E-state index contributed by atoms with van der Waals surface area (Å²) in [6, 6.07) is 6.02. The van der Waals surface area contributed by atoms with Crippen LogP contribution in [0, 0.1) is 50.1 Å². The van der Waals surface area contributed by atoms with Crippen molar-refractivity contribution in [2.24, 2.45) is 0 Å². The number of nitrogens with one attached hydrogen (secondary N) is 1. The van der Waals surface area contributed by atoms with Crippen molar-refractivity contribution in [2.75, 3.05) is 85.1 Å². The average Bonchev–Trinajstić information content (AvgIpc) is 2.85. The molecule has 2 rings (SSSR count). The summed E-state index contributed by atoms with van der Waals surface area (Å²) in [6.45, 7) is 1.11. The molecule has 40 heavy (non-hydrogen) atoms. The van der Waals surface area contributed by atoms with Crippen LogP contribution in [0.4, 0.5) is 5.69 Å². The van der Waals surface area contributed by atoms with E-state index in [1.165, 1.54) is 12.1 Å². The Morgan fingerprint density at radius 1 is 0.675 bits per heavy atom. The molecule has 0 saturated carbocycles. The summed E-state index contributed by atoms with van der Waals surface area (Å²) in [5.74, 6) is -4.17. The molecule has 0 atom stereocenters. The van der Waals surface area contributed by atoms with E-state index >= 15 is 0 Å². The molecule has 1 aliphatic rings. The molecule has 1 amide bonds. The van der Waals surface area contributed by atoms with Crippen molar-refractivity contribution < 1.29 is 79.4 Å². The number of rotatable bonds is 12. The molecule has 16 heteroatoms. The standard InChI is InChI=1S/C24H36N6O9.Gd/c31-21(25-6-5-19-1-3-20(4-2-19)30(38)39)15-26-7-9-27(16-22(32)33)11-13-29(18-24(36)37)14-12-28(10-8-26)17-23(34)35;/h1-4H,5-18H2,(H,25,31)(H,32,33)(H,34,35)(H,36,37);/q;+3/p-3. The van der Waals surface area contributed by atoms with Crippen molar-refractivity contribution >= 4 is 29.5 Å². The molecule has 1 saturated heterocycles. The van der Waals surface area contributed by atoms with Crippen molar-refractivity contribution in [1.29, 1.82) is 0 Å². The minimum Gasteiger partial charge on any atom is -0.549 e. The Labute approximate surface area is 263 Å². The van der Waals surface area contributed by atoms with Gasteiger partial charge in [0.15, 0.2) is 0 Å². The van der Waals surface area contributed by atoms with Gasteiger partial charge in [-0.3, -0.25) is 34.5 Å². The van der Waals surface area contributed by atoms with E-state index in [9.17, 15) is 44.6 Å². The monoisotopic (exact) mass is 707 g/mol. The Morgan fingerprint density at radius 3 is 1.35 bits per heavy atom. The van der Waals surface area contributed by atoms with Gasteiger partial charge in [-0.1, -0.05) is 12.1 Å². The predicted octanol–water partition coefficient (Wildman–Crippen LogP) is -5.28. The number of non-ortho nitro benzene ring substituents is 1. The molecule has 1 aliphatic heterocycles. The third-order valence-corrected chi connectivity index (χ3v) is 6.24. The second-order valence-electron chi connectivity index (χ2n) is 9.24. The van der Waals surface area contributed by atoms with Gasteiger partial charge in [-0.05, 0) is 12.0 Å². The number of nitro groups is 1. The SMILES string of the molecule is O=C([O-])CN1CCN(CC(=O)[O-])CCN(CC(=O)NCCc2ccc([N+](=O)[O-])cc2)CCN(CC(=O)[O-])CC1.[Gd+3]. The van der Waals surface area contributed by atoms with Gasteiger partial charge in [0.05, 0.1) is 29.4 Å². The number of benzene rings is 1. The molecule has 1 radical (unpaired) electrons. The minimum absolute atomic E-state index is 0. The number of hydrogen-bond acceptors (Lipinski definition) is 13. The maximum atomic E-state index is 12.6. The Morgan fingerprint density at radius 2 is 1.02 bits per heavy atom. The van der Waals surface area contributed by atoms with E-state index in [0.717, 1.165) is 5.56 Å². The average molecular weight is 707 g/mol. The summed E-state index contributed by atoms with van der Waals surface area (Å²) in [4.78, 5) is 63.1. The number of nitro benzene ring substituents is 1. The third-order valence-electron chi connectivity index (χ3n) is 6.24. The summed E-state index contributed by atoms with van der Waals surface area (Å²) in [5.41, 5.74) is 0.793. The molecular formula is C24H33GdN6O9. The predicted molar refractivity (Wildman–Crippen MR) is 131 cm³/mol. The number of hydrogen-bond donors (Lipinski definition) is 1. The summed E-state index contributed by atoms with van der Waals surface area (Å²) < 4.78 is 0. The van der Waals surface area contributed by atoms with Crippen LogP contribution in [0.5, 0.6) is 0 Å². The molecule has 221 valence electrons. The van der Waals surface area contributed by atoms with Crippen LogP contribution in [0.15, 0.2) is 24.3 Å². The van der Waals surface area contributed by atoms with Gasteiger partial charge in [0, 0.05) is 90.7 Å². The number of aliphatic carboxylic acids is 3. The zero-order valence-corrected chi connectivity index (χ0v) is 24.2. The van der Waals surface area contributed by atoms with Crippen LogP contribution in [0.3, 0.4) is 0 Å². The number of carbonyl (C=O) groups excluding carboxylic acids is 4. The van der Waals surface area contributed by atoms with Crippen molar-refractivity contribution in [3.05, 3.63) is 39.9 Å². The fourth-order valence-electron chi connectivity index (χ4n) is 4.15. The summed E-state index contributed by atoms with van der Waals surface area (Å²) in [5, 5.41) is 47.2. The van der Waals surface area contributed by atoms with Gasteiger partial charge >= 0.3 is 39.9 Å². The van der Waals surface area contributed by atoms with E-state index in [1.54, 1.807) is 31.7 Å². The molecule has 0 aromatic heterocycles. The first kappa shape index (κ1) is 35.7. The first-order valence-electron chi connectivity index (χ1n) is 12.5. The topological polar surface area (TPSA) is 206 Å². The van der Waals surface area contributed by atoms with Crippen LogP contribution < -0.4 is 20.6 Å². The molecule has 1 N–H and O–H groups in total.